The lowest BCUT2D eigenvalue weighted by molar-refractivity contribution is -0.116. The van der Waals surface area contributed by atoms with E-state index in [1.807, 2.05) is 31.2 Å². The van der Waals surface area contributed by atoms with Gasteiger partial charge in [0.2, 0.25) is 5.91 Å². The summed E-state index contributed by atoms with van der Waals surface area (Å²) in [4.78, 5) is 14.8. The number of ether oxygens (including phenoxy) is 2. The molecule has 0 spiro atoms. The van der Waals surface area contributed by atoms with Crippen molar-refractivity contribution in [2.75, 3.05) is 32.6 Å². The number of methoxy groups -OCH3 is 2. The third-order valence-corrected chi connectivity index (χ3v) is 5.71. The monoisotopic (exact) mass is 414 g/mol. The Morgan fingerprint density at radius 1 is 1.20 bits per heavy atom. The number of anilines is 1. The number of amides is 1. The van der Waals surface area contributed by atoms with Crippen LogP contribution in [-0.4, -0.2) is 38.1 Å². The van der Waals surface area contributed by atoms with Crippen molar-refractivity contribution in [3.8, 4) is 11.5 Å². The molecule has 1 amide bonds. The lowest BCUT2D eigenvalue weighted by Crippen LogP contribution is -2.35. The first-order chi connectivity index (χ1) is 14.5. The maximum Gasteiger partial charge on any atom is 0.224 e. The Balaban J connectivity index is 1.48. The fourth-order valence-electron chi connectivity index (χ4n) is 4.04. The lowest BCUT2D eigenvalue weighted by Gasteiger charge is -2.32. The number of rotatable bonds is 8. The molecule has 0 aliphatic carbocycles. The molecule has 1 N–H and O–H groups in total. The Kier molecular flexibility index (Phi) is 7.69. The first kappa shape index (κ1) is 22.1. The molecule has 6 heteroatoms. The van der Waals surface area contributed by atoms with Gasteiger partial charge in [0.1, 0.15) is 5.75 Å². The number of likely N-dealkylation sites (tertiary alicyclic amines) is 1. The van der Waals surface area contributed by atoms with Crippen LogP contribution >= 0.6 is 0 Å². The van der Waals surface area contributed by atoms with Crippen LogP contribution < -0.4 is 14.8 Å². The largest absolute Gasteiger partial charge is 0.497 e. The standard InChI is InChI=1S/C24H31FN2O3/c1-17-13-20(29-2)8-10-22(17)26-24(28)11-7-18-5-4-12-27(15-18)16-19-6-9-21(25)23(14-19)30-3/h6,8-10,13-14,18H,4-5,7,11-12,15-16H2,1-3H3,(H,26,28)/t18-/m1/s1. The topological polar surface area (TPSA) is 50.8 Å². The molecule has 2 aromatic carbocycles. The highest BCUT2D eigenvalue weighted by Gasteiger charge is 2.21. The molecule has 1 fully saturated rings. The van der Waals surface area contributed by atoms with Gasteiger partial charge < -0.3 is 14.8 Å². The van der Waals surface area contributed by atoms with E-state index in [2.05, 4.69) is 10.2 Å². The van der Waals surface area contributed by atoms with Crippen LogP contribution in [0.15, 0.2) is 36.4 Å². The first-order valence-corrected chi connectivity index (χ1v) is 10.5. The van der Waals surface area contributed by atoms with E-state index in [1.54, 1.807) is 13.2 Å². The summed E-state index contributed by atoms with van der Waals surface area (Å²) in [5.41, 5.74) is 2.86. The van der Waals surface area contributed by atoms with E-state index in [1.165, 1.54) is 13.2 Å². The van der Waals surface area contributed by atoms with E-state index < -0.39 is 0 Å². The summed E-state index contributed by atoms with van der Waals surface area (Å²) in [6.45, 7) is 4.70. The molecule has 30 heavy (non-hydrogen) atoms. The van der Waals surface area contributed by atoms with Crippen molar-refractivity contribution in [3.05, 3.63) is 53.3 Å². The number of nitrogens with zero attached hydrogens (tertiary/aromatic N) is 1. The van der Waals surface area contributed by atoms with Gasteiger partial charge in [-0.3, -0.25) is 9.69 Å². The smallest absolute Gasteiger partial charge is 0.224 e. The Hall–Kier alpha value is -2.60. The normalized spacial score (nSPS) is 16.9. The molecule has 1 heterocycles. The van der Waals surface area contributed by atoms with Gasteiger partial charge in [0.25, 0.3) is 0 Å². The molecule has 1 saturated heterocycles. The molecule has 1 aliphatic heterocycles. The summed E-state index contributed by atoms with van der Waals surface area (Å²) in [6.07, 6.45) is 3.62. The Bertz CT molecular complexity index is 872. The quantitative estimate of drug-likeness (QED) is 0.675. The van der Waals surface area contributed by atoms with E-state index >= 15 is 0 Å². The lowest BCUT2D eigenvalue weighted by atomic mass is 9.93. The first-order valence-electron chi connectivity index (χ1n) is 10.5. The number of hydrogen-bond acceptors (Lipinski definition) is 4. The van der Waals surface area contributed by atoms with Crippen LogP contribution in [0.1, 0.15) is 36.8 Å². The van der Waals surface area contributed by atoms with Crippen LogP contribution in [0.25, 0.3) is 0 Å². The number of carbonyl (C=O) groups is 1. The summed E-state index contributed by atoms with van der Waals surface area (Å²) in [5, 5.41) is 3.01. The highest BCUT2D eigenvalue weighted by molar-refractivity contribution is 5.91. The average molecular weight is 415 g/mol. The zero-order valence-electron chi connectivity index (χ0n) is 18.0. The van der Waals surface area contributed by atoms with Gasteiger partial charge in [0, 0.05) is 25.2 Å². The Labute approximate surface area is 178 Å². The summed E-state index contributed by atoms with van der Waals surface area (Å²) in [6, 6.07) is 10.7. The number of halogens is 1. The van der Waals surface area contributed by atoms with Gasteiger partial charge in [-0.25, -0.2) is 4.39 Å². The van der Waals surface area contributed by atoms with Crippen LogP contribution in [0.5, 0.6) is 11.5 Å². The van der Waals surface area contributed by atoms with Gasteiger partial charge in [-0.05, 0) is 80.1 Å². The molecular formula is C24H31FN2O3. The van der Waals surface area contributed by atoms with Crippen LogP contribution in [0.4, 0.5) is 10.1 Å². The molecule has 0 saturated carbocycles. The van der Waals surface area contributed by atoms with E-state index in [4.69, 9.17) is 9.47 Å². The van der Waals surface area contributed by atoms with Gasteiger partial charge in [0.05, 0.1) is 14.2 Å². The number of hydrogen-bond donors (Lipinski definition) is 1. The van der Waals surface area contributed by atoms with Crippen LogP contribution in [0.2, 0.25) is 0 Å². The van der Waals surface area contributed by atoms with Crippen LogP contribution in [-0.2, 0) is 11.3 Å². The molecule has 1 atom stereocenters. The summed E-state index contributed by atoms with van der Waals surface area (Å²) >= 11 is 0. The van der Waals surface area contributed by atoms with Crippen molar-refractivity contribution in [2.24, 2.45) is 5.92 Å². The predicted octanol–water partition coefficient (Wildman–Crippen LogP) is 4.78. The van der Waals surface area contributed by atoms with Gasteiger partial charge in [0.15, 0.2) is 11.6 Å². The molecule has 162 valence electrons. The van der Waals surface area contributed by atoms with Crippen molar-refractivity contribution in [3.63, 3.8) is 0 Å². The zero-order valence-corrected chi connectivity index (χ0v) is 18.0. The maximum absolute atomic E-state index is 13.6. The van der Waals surface area contributed by atoms with Crippen molar-refractivity contribution >= 4 is 11.6 Å². The van der Waals surface area contributed by atoms with Gasteiger partial charge in [-0.2, -0.15) is 0 Å². The zero-order chi connectivity index (χ0) is 21.5. The average Bonchev–Trinajstić information content (AvgIpc) is 2.75. The number of carbonyl (C=O) groups excluding carboxylic acids is 1. The highest BCUT2D eigenvalue weighted by atomic mass is 19.1. The second-order valence-electron chi connectivity index (χ2n) is 7.98. The van der Waals surface area contributed by atoms with Gasteiger partial charge in [-0.1, -0.05) is 6.07 Å². The highest BCUT2D eigenvalue weighted by Crippen LogP contribution is 2.25. The number of benzene rings is 2. The van der Waals surface area contributed by atoms with E-state index in [-0.39, 0.29) is 17.5 Å². The van der Waals surface area contributed by atoms with Gasteiger partial charge in [-0.15, -0.1) is 0 Å². The number of aryl methyl sites for hydroxylation is 1. The minimum atomic E-state index is -0.337. The third kappa shape index (κ3) is 5.95. The molecule has 2 aromatic rings. The van der Waals surface area contributed by atoms with E-state index in [9.17, 15) is 9.18 Å². The second kappa shape index (κ2) is 10.4. The molecule has 0 radical (unpaired) electrons. The van der Waals surface area contributed by atoms with Crippen molar-refractivity contribution in [2.45, 2.75) is 39.2 Å². The Morgan fingerprint density at radius 3 is 2.77 bits per heavy atom. The minimum Gasteiger partial charge on any atom is -0.497 e. The minimum absolute atomic E-state index is 0.0451. The summed E-state index contributed by atoms with van der Waals surface area (Å²) in [7, 11) is 3.12. The van der Waals surface area contributed by atoms with Gasteiger partial charge >= 0.3 is 0 Å². The Morgan fingerprint density at radius 2 is 2.03 bits per heavy atom. The third-order valence-electron chi connectivity index (χ3n) is 5.71. The molecule has 3 rings (SSSR count). The summed E-state index contributed by atoms with van der Waals surface area (Å²) in [5.74, 6) is 1.27. The van der Waals surface area contributed by atoms with Crippen LogP contribution in [0, 0.1) is 18.7 Å². The van der Waals surface area contributed by atoms with Crippen molar-refractivity contribution in [1.82, 2.24) is 4.90 Å². The summed E-state index contributed by atoms with van der Waals surface area (Å²) < 4.78 is 23.9. The fraction of sp³-hybridized carbons (Fsp3) is 0.458. The number of piperidine rings is 1. The van der Waals surface area contributed by atoms with Crippen LogP contribution in [0.3, 0.4) is 0 Å². The SMILES string of the molecule is COc1ccc(NC(=O)CC[C@H]2CCCN(Cc3ccc(F)c(OC)c3)C2)c(C)c1. The molecule has 1 aliphatic rings. The van der Waals surface area contributed by atoms with E-state index in [0.29, 0.717) is 12.3 Å². The number of nitrogens with one attached hydrogen (secondary N) is 1. The molecular weight excluding hydrogens is 383 g/mol. The van der Waals surface area contributed by atoms with Crippen molar-refractivity contribution in [1.29, 1.82) is 0 Å². The second-order valence-corrected chi connectivity index (χ2v) is 7.98. The molecule has 5 nitrogen and oxygen atoms in total. The fourth-order valence-corrected chi connectivity index (χ4v) is 4.04. The molecule has 0 bridgehead atoms. The predicted molar refractivity (Wildman–Crippen MR) is 117 cm³/mol. The molecule has 0 unspecified atom stereocenters. The maximum atomic E-state index is 13.6. The van der Waals surface area contributed by atoms with E-state index in [0.717, 1.165) is 61.5 Å². The molecule has 0 aromatic heterocycles. The van der Waals surface area contributed by atoms with Crippen molar-refractivity contribution < 1.29 is 18.7 Å².